The Morgan fingerprint density at radius 2 is 1.58 bits per heavy atom. The number of hydrogen-bond acceptors (Lipinski definition) is 3. The summed E-state index contributed by atoms with van der Waals surface area (Å²) in [7, 11) is 5.05. The number of carbonyl (C=O) groups excluding carboxylic acids is 1. The van der Waals surface area contributed by atoms with Crippen LogP contribution >= 0.6 is 0 Å². The zero-order valence-electron chi connectivity index (χ0n) is 14.8. The number of nitrogens with zero attached hydrogens (tertiary/aromatic N) is 1. The molecule has 0 aromatic heterocycles. The third-order valence-corrected chi connectivity index (χ3v) is 4.04. The molecule has 0 radical (unpaired) electrons. The summed E-state index contributed by atoms with van der Waals surface area (Å²) in [6.45, 7) is 2.61. The van der Waals surface area contributed by atoms with Gasteiger partial charge in [0.1, 0.15) is 0 Å². The first-order valence-electron chi connectivity index (χ1n) is 8.04. The van der Waals surface area contributed by atoms with E-state index in [1.54, 1.807) is 19.1 Å². The highest BCUT2D eigenvalue weighted by molar-refractivity contribution is 5.76. The number of aryl methyl sites for hydroxylation is 2. The molecule has 0 fully saturated rings. The maximum Gasteiger partial charge on any atom is 0.222 e. The molecular formula is C20H25NO3. The van der Waals surface area contributed by atoms with Crippen molar-refractivity contribution in [2.24, 2.45) is 0 Å². The zero-order valence-corrected chi connectivity index (χ0v) is 14.8. The number of benzene rings is 2. The molecule has 4 nitrogen and oxygen atoms in total. The predicted octanol–water partition coefficient (Wildman–Crippen LogP) is 3.60. The van der Waals surface area contributed by atoms with E-state index >= 15 is 0 Å². The summed E-state index contributed by atoms with van der Waals surface area (Å²) in [5.74, 6) is 1.50. The molecule has 128 valence electrons. The van der Waals surface area contributed by atoms with Crippen LogP contribution in [0.1, 0.15) is 23.1 Å². The lowest BCUT2D eigenvalue weighted by atomic mass is 10.1. The van der Waals surface area contributed by atoms with Gasteiger partial charge in [0.15, 0.2) is 11.5 Å². The average molecular weight is 327 g/mol. The average Bonchev–Trinajstić information content (AvgIpc) is 2.60. The van der Waals surface area contributed by atoms with Crippen LogP contribution in [-0.2, 0) is 17.8 Å². The molecule has 2 aromatic carbocycles. The van der Waals surface area contributed by atoms with E-state index in [1.807, 2.05) is 25.2 Å². The molecule has 0 aliphatic heterocycles. The van der Waals surface area contributed by atoms with Crippen LogP contribution in [0.25, 0.3) is 0 Å². The van der Waals surface area contributed by atoms with Crippen molar-refractivity contribution in [2.75, 3.05) is 21.3 Å². The van der Waals surface area contributed by atoms with Crippen LogP contribution in [0, 0.1) is 6.92 Å². The molecule has 4 heteroatoms. The van der Waals surface area contributed by atoms with Crippen LogP contribution in [0.4, 0.5) is 0 Å². The molecule has 0 atom stereocenters. The van der Waals surface area contributed by atoms with Crippen LogP contribution in [0.3, 0.4) is 0 Å². The van der Waals surface area contributed by atoms with Crippen molar-refractivity contribution in [1.29, 1.82) is 0 Å². The maximum atomic E-state index is 12.3. The second-order valence-corrected chi connectivity index (χ2v) is 5.92. The second kappa shape index (κ2) is 8.39. The number of rotatable bonds is 7. The minimum Gasteiger partial charge on any atom is -0.493 e. The number of amides is 1. The van der Waals surface area contributed by atoms with Crippen molar-refractivity contribution in [1.82, 2.24) is 4.90 Å². The SMILES string of the molecule is COc1ccc(CN(C)C(=O)CCc2ccc(C)cc2)cc1OC. The van der Waals surface area contributed by atoms with Gasteiger partial charge in [-0.05, 0) is 36.6 Å². The summed E-state index contributed by atoms with van der Waals surface area (Å²) in [6, 6.07) is 14.0. The molecule has 0 aliphatic rings. The normalized spacial score (nSPS) is 10.3. The molecule has 24 heavy (non-hydrogen) atoms. The fourth-order valence-corrected chi connectivity index (χ4v) is 2.54. The molecule has 2 rings (SSSR count). The van der Waals surface area contributed by atoms with E-state index in [1.165, 1.54) is 11.1 Å². The highest BCUT2D eigenvalue weighted by Gasteiger charge is 2.11. The fraction of sp³-hybridized carbons (Fsp3) is 0.350. The topological polar surface area (TPSA) is 38.8 Å². The first-order valence-corrected chi connectivity index (χ1v) is 8.04. The van der Waals surface area contributed by atoms with Gasteiger partial charge in [0, 0.05) is 20.0 Å². The van der Waals surface area contributed by atoms with Crippen LogP contribution in [-0.4, -0.2) is 32.1 Å². The number of hydrogen-bond donors (Lipinski definition) is 0. The highest BCUT2D eigenvalue weighted by Crippen LogP contribution is 2.28. The van der Waals surface area contributed by atoms with Gasteiger partial charge in [-0.2, -0.15) is 0 Å². The second-order valence-electron chi connectivity index (χ2n) is 5.92. The van der Waals surface area contributed by atoms with Crippen LogP contribution in [0.5, 0.6) is 11.5 Å². The van der Waals surface area contributed by atoms with Gasteiger partial charge < -0.3 is 14.4 Å². The predicted molar refractivity (Wildman–Crippen MR) is 95.5 cm³/mol. The first-order chi connectivity index (χ1) is 11.5. The summed E-state index contributed by atoms with van der Waals surface area (Å²) in [5, 5.41) is 0. The number of methoxy groups -OCH3 is 2. The van der Waals surface area contributed by atoms with Gasteiger partial charge in [0.25, 0.3) is 0 Å². The minimum atomic E-state index is 0.130. The summed E-state index contributed by atoms with van der Waals surface area (Å²) in [4.78, 5) is 14.1. The van der Waals surface area contributed by atoms with E-state index in [0.717, 1.165) is 12.0 Å². The lowest BCUT2D eigenvalue weighted by Crippen LogP contribution is -2.26. The molecule has 0 unspecified atom stereocenters. The molecule has 0 saturated heterocycles. The molecule has 0 bridgehead atoms. The largest absolute Gasteiger partial charge is 0.493 e. The summed E-state index contributed by atoms with van der Waals surface area (Å²) in [5.41, 5.74) is 3.43. The van der Waals surface area contributed by atoms with Crippen molar-refractivity contribution in [2.45, 2.75) is 26.3 Å². The highest BCUT2D eigenvalue weighted by atomic mass is 16.5. The van der Waals surface area contributed by atoms with E-state index in [9.17, 15) is 4.79 Å². The van der Waals surface area contributed by atoms with Gasteiger partial charge in [-0.25, -0.2) is 0 Å². The minimum absolute atomic E-state index is 0.130. The zero-order chi connectivity index (χ0) is 17.5. The lowest BCUT2D eigenvalue weighted by Gasteiger charge is -2.18. The van der Waals surface area contributed by atoms with E-state index < -0.39 is 0 Å². The van der Waals surface area contributed by atoms with Gasteiger partial charge in [-0.15, -0.1) is 0 Å². The Morgan fingerprint density at radius 3 is 2.21 bits per heavy atom. The van der Waals surface area contributed by atoms with Gasteiger partial charge in [-0.3, -0.25) is 4.79 Å². The Kier molecular flexibility index (Phi) is 6.24. The summed E-state index contributed by atoms with van der Waals surface area (Å²) < 4.78 is 10.5. The van der Waals surface area contributed by atoms with Gasteiger partial charge in [-0.1, -0.05) is 35.9 Å². The lowest BCUT2D eigenvalue weighted by molar-refractivity contribution is -0.130. The van der Waals surface area contributed by atoms with Crippen LogP contribution < -0.4 is 9.47 Å². The molecule has 0 saturated carbocycles. The van der Waals surface area contributed by atoms with E-state index in [4.69, 9.17) is 9.47 Å². The molecule has 0 heterocycles. The Hall–Kier alpha value is -2.49. The molecule has 0 aliphatic carbocycles. The molecule has 1 amide bonds. The standard InChI is InChI=1S/C20H25NO3/c1-15-5-7-16(8-6-15)10-12-20(22)21(2)14-17-9-11-18(23-3)19(13-17)24-4/h5-9,11,13H,10,12,14H2,1-4H3. The van der Waals surface area contributed by atoms with Crippen LogP contribution in [0.15, 0.2) is 42.5 Å². The Labute approximate surface area is 144 Å². The number of ether oxygens (including phenoxy) is 2. The van der Waals surface area contributed by atoms with Gasteiger partial charge in [0.2, 0.25) is 5.91 Å². The van der Waals surface area contributed by atoms with Crippen LogP contribution in [0.2, 0.25) is 0 Å². The third kappa shape index (κ3) is 4.75. The Morgan fingerprint density at radius 1 is 0.958 bits per heavy atom. The quantitative estimate of drug-likeness (QED) is 0.780. The molecule has 2 aromatic rings. The van der Waals surface area contributed by atoms with Gasteiger partial charge >= 0.3 is 0 Å². The smallest absolute Gasteiger partial charge is 0.222 e. The third-order valence-electron chi connectivity index (χ3n) is 4.04. The van der Waals surface area contributed by atoms with Crippen molar-refractivity contribution >= 4 is 5.91 Å². The maximum absolute atomic E-state index is 12.3. The van der Waals surface area contributed by atoms with E-state index in [-0.39, 0.29) is 5.91 Å². The molecular weight excluding hydrogens is 302 g/mol. The summed E-state index contributed by atoms with van der Waals surface area (Å²) in [6.07, 6.45) is 1.27. The van der Waals surface area contributed by atoms with Crippen molar-refractivity contribution in [3.8, 4) is 11.5 Å². The summed E-state index contributed by atoms with van der Waals surface area (Å²) >= 11 is 0. The Bertz CT molecular complexity index is 680. The number of carbonyl (C=O) groups is 1. The fourth-order valence-electron chi connectivity index (χ4n) is 2.54. The van der Waals surface area contributed by atoms with E-state index in [2.05, 4.69) is 31.2 Å². The van der Waals surface area contributed by atoms with E-state index in [0.29, 0.717) is 24.5 Å². The van der Waals surface area contributed by atoms with Crippen molar-refractivity contribution < 1.29 is 14.3 Å². The van der Waals surface area contributed by atoms with Crippen molar-refractivity contribution in [3.05, 3.63) is 59.2 Å². The first kappa shape index (κ1) is 17.9. The Balaban J connectivity index is 1.92. The molecule has 0 spiro atoms. The monoisotopic (exact) mass is 327 g/mol. The van der Waals surface area contributed by atoms with Crippen molar-refractivity contribution in [3.63, 3.8) is 0 Å². The van der Waals surface area contributed by atoms with Gasteiger partial charge in [0.05, 0.1) is 14.2 Å². The molecule has 0 N–H and O–H groups in total.